The van der Waals surface area contributed by atoms with Crippen LogP contribution in [0, 0.1) is 37.0 Å². The van der Waals surface area contributed by atoms with Crippen LogP contribution in [-0.4, -0.2) is 15.3 Å². The Balaban J connectivity index is 1.31. The zero-order valence-corrected chi connectivity index (χ0v) is 17.8. The van der Waals surface area contributed by atoms with Crippen LogP contribution in [0.2, 0.25) is 0 Å². The van der Waals surface area contributed by atoms with Crippen LogP contribution in [0.1, 0.15) is 49.7 Å². The van der Waals surface area contributed by atoms with Gasteiger partial charge in [-0.3, -0.25) is 4.79 Å². The molecule has 4 heteroatoms. The number of carbonyl (C=O) groups excluding carboxylic acids is 1. The third-order valence-corrected chi connectivity index (χ3v) is 7.98. The van der Waals surface area contributed by atoms with Crippen molar-refractivity contribution < 1.29 is 4.79 Å². The lowest BCUT2D eigenvalue weighted by Gasteiger charge is -2.55. The summed E-state index contributed by atoms with van der Waals surface area (Å²) in [4.78, 5) is 18.4. The molecule has 1 N–H and O–H groups in total. The van der Waals surface area contributed by atoms with Crippen LogP contribution in [0.4, 0.5) is 5.69 Å². The van der Waals surface area contributed by atoms with Gasteiger partial charge in [0, 0.05) is 23.6 Å². The Bertz CT molecular complexity index is 1120. The van der Waals surface area contributed by atoms with E-state index in [2.05, 4.69) is 54.0 Å². The molecule has 0 saturated heterocycles. The number of rotatable bonds is 3. The molecule has 0 unspecified atom stereocenters. The van der Waals surface area contributed by atoms with E-state index in [-0.39, 0.29) is 11.3 Å². The van der Waals surface area contributed by atoms with Crippen LogP contribution in [0.15, 0.2) is 42.7 Å². The Morgan fingerprint density at radius 2 is 1.73 bits per heavy atom. The van der Waals surface area contributed by atoms with Crippen molar-refractivity contribution >= 4 is 17.2 Å². The molecule has 4 aliphatic carbocycles. The maximum absolute atomic E-state index is 13.5. The molecule has 0 spiro atoms. The number of aryl methyl sites for hydroxylation is 2. The number of aromatic nitrogens is 2. The summed E-state index contributed by atoms with van der Waals surface area (Å²) >= 11 is 0. The predicted molar refractivity (Wildman–Crippen MR) is 119 cm³/mol. The zero-order valence-electron chi connectivity index (χ0n) is 17.8. The summed E-state index contributed by atoms with van der Waals surface area (Å²) in [6.07, 6.45) is 11.4. The first-order valence-corrected chi connectivity index (χ1v) is 11.4. The fourth-order valence-corrected chi connectivity index (χ4v) is 6.85. The molecule has 0 radical (unpaired) electrons. The lowest BCUT2D eigenvalue weighted by atomic mass is 9.49. The van der Waals surface area contributed by atoms with E-state index in [1.165, 1.54) is 19.3 Å². The second-order valence-electron chi connectivity index (χ2n) is 10.2. The van der Waals surface area contributed by atoms with E-state index in [1.54, 1.807) is 0 Å². The predicted octanol–water partition coefficient (Wildman–Crippen LogP) is 5.77. The molecule has 154 valence electrons. The fourth-order valence-electron chi connectivity index (χ4n) is 6.85. The van der Waals surface area contributed by atoms with Gasteiger partial charge in [-0.15, -0.1) is 0 Å². The van der Waals surface area contributed by atoms with Crippen LogP contribution in [0.3, 0.4) is 0 Å². The van der Waals surface area contributed by atoms with Gasteiger partial charge in [-0.1, -0.05) is 18.2 Å². The number of nitrogens with zero attached hydrogens (tertiary/aromatic N) is 2. The van der Waals surface area contributed by atoms with E-state index in [0.29, 0.717) is 0 Å². The third-order valence-electron chi connectivity index (χ3n) is 7.98. The minimum absolute atomic E-state index is 0.128. The molecule has 0 atom stereocenters. The van der Waals surface area contributed by atoms with Gasteiger partial charge in [0.15, 0.2) is 0 Å². The molecule has 1 amide bonds. The molecule has 4 bridgehead atoms. The lowest BCUT2D eigenvalue weighted by Crippen LogP contribution is -2.51. The highest BCUT2D eigenvalue weighted by atomic mass is 16.2. The van der Waals surface area contributed by atoms with Gasteiger partial charge in [0.25, 0.3) is 0 Å². The average Bonchev–Trinajstić information content (AvgIpc) is 3.14. The molecule has 3 aromatic rings. The van der Waals surface area contributed by atoms with E-state index in [1.807, 2.05) is 12.3 Å². The van der Waals surface area contributed by atoms with Gasteiger partial charge < -0.3 is 9.72 Å². The average molecular weight is 400 g/mol. The zero-order chi connectivity index (χ0) is 20.5. The maximum Gasteiger partial charge on any atom is 0.230 e. The lowest BCUT2D eigenvalue weighted by molar-refractivity contribution is -0.140. The van der Waals surface area contributed by atoms with E-state index in [0.717, 1.165) is 70.7 Å². The summed E-state index contributed by atoms with van der Waals surface area (Å²) < 4.78 is 2.07. The Kier molecular flexibility index (Phi) is 3.90. The van der Waals surface area contributed by atoms with E-state index in [9.17, 15) is 4.79 Å². The number of imidazole rings is 1. The largest absolute Gasteiger partial charge is 0.325 e. The van der Waals surface area contributed by atoms with Crippen molar-refractivity contribution in [2.75, 3.05) is 5.32 Å². The number of hydrogen-bond acceptors (Lipinski definition) is 2. The number of amides is 1. The van der Waals surface area contributed by atoms with E-state index in [4.69, 9.17) is 4.98 Å². The first-order chi connectivity index (χ1) is 14.5. The van der Waals surface area contributed by atoms with Gasteiger partial charge in [0.1, 0.15) is 5.65 Å². The van der Waals surface area contributed by atoms with Crippen molar-refractivity contribution in [3.63, 3.8) is 0 Å². The third kappa shape index (κ3) is 2.80. The Labute approximate surface area is 177 Å². The van der Waals surface area contributed by atoms with Crippen molar-refractivity contribution in [1.82, 2.24) is 9.38 Å². The quantitative estimate of drug-likeness (QED) is 0.607. The fraction of sp³-hybridized carbons (Fsp3) is 0.462. The summed E-state index contributed by atoms with van der Waals surface area (Å²) in [6.45, 7) is 4.16. The summed E-state index contributed by atoms with van der Waals surface area (Å²) in [5.74, 6) is 2.58. The molecule has 2 aromatic heterocycles. The van der Waals surface area contributed by atoms with Gasteiger partial charge in [0.05, 0.1) is 11.1 Å². The standard InChI is InChI=1S/C26H29N3O/c1-16-5-6-21(23-15-29-7-3-4-17(2)24(29)27-23)11-22(16)28-25(30)26-12-18-8-19(13-26)10-20(9-18)14-26/h3-7,11,15,18-20H,8-10,12-14H2,1-2H3,(H,28,30). The van der Waals surface area contributed by atoms with Gasteiger partial charge in [-0.2, -0.15) is 0 Å². The van der Waals surface area contributed by atoms with Gasteiger partial charge >= 0.3 is 0 Å². The molecule has 30 heavy (non-hydrogen) atoms. The van der Waals surface area contributed by atoms with Crippen molar-refractivity contribution in [3.05, 3.63) is 53.9 Å². The summed E-state index contributed by atoms with van der Waals surface area (Å²) in [5.41, 5.74) is 6.04. The molecule has 4 fully saturated rings. The molecule has 4 nitrogen and oxygen atoms in total. The number of benzene rings is 1. The van der Waals surface area contributed by atoms with Crippen LogP contribution < -0.4 is 5.32 Å². The molecule has 2 heterocycles. The summed E-state index contributed by atoms with van der Waals surface area (Å²) in [5, 5.41) is 3.35. The monoisotopic (exact) mass is 399 g/mol. The van der Waals surface area contributed by atoms with Crippen molar-refractivity contribution in [2.24, 2.45) is 23.2 Å². The van der Waals surface area contributed by atoms with Crippen molar-refractivity contribution in [2.45, 2.75) is 52.4 Å². The summed E-state index contributed by atoms with van der Waals surface area (Å²) in [7, 11) is 0. The van der Waals surface area contributed by atoms with Gasteiger partial charge in [-0.25, -0.2) is 4.98 Å². The highest BCUT2D eigenvalue weighted by molar-refractivity contribution is 5.97. The molecule has 4 aliphatic rings. The topological polar surface area (TPSA) is 46.4 Å². The maximum atomic E-state index is 13.5. The number of anilines is 1. The number of pyridine rings is 1. The van der Waals surface area contributed by atoms with Crippen LogP contribution in [0.5, 0.6) is 0 Å². The molecular weight excluding hydrogens is 370 g/mol. The smallest absolute Gasteiger partial charge is 0.230 e. The SMILES string of the molecule is Cc1ccc(-c2cn3cccc(C)c3n2)cc1NC(=O)C12CC3CC(CC(C3)C1)C2. The minimum Gasteiger partial charge on any atom is -0.325 e. The van der Waals surface area contributed by atoms with Gasteiger partial charge in [-0.05, 0) is 93.4 Å². The Morgan fingerprint density at radius 1 is 1.03 bits per heavy atom. The highest BCUT2D eigenvalue weighted by Gasteiger charge is 2.54. The first-order valence-electron chi connectivity index (χ1n) is 11.4. The number of carbonyl (C=O) groups is 1. The van der Waals surface area contributed by atoms with Crippen LogP contribution in [-0.2, 0) is 4.79 Å². The van der Waals surface area contributed by atoms with Crippen LogP contribution >= 0.6 is 0 Å². The second-order valence-corrected chi connectivity index (χ2v) is 10.2. The normalized spacial score (nSPS) is 29.5. The summed E-state index contributed by atoms with van der Waals surface area (Å²) in [6, 6.07) is 10.4. The molecule has 0 aliphatic heterocycles. The van der Waals surface area contributed by atoms with Crippen molar-refractivity contribution in [1.29, 1.82) is 0 Å². The van der Waals surface area contributed by atoms with Crippen LogP contribution in [0.25, 0.3) is 16.9 Å². The number of fused-ring (bicyclic) bond motifs is 1. The van der Waals surface area contributed by atoms with Gasteiger partial charge in [0.2, 0.25) is 5.91 Å². The number of hydrogen-bond donors (Lipinski definition) is 1. The van der Waals surface area contributed by atoms with Crippen molar-refractivity contribution in [3.8, 4) is 11.3 Å². The molecule has 7 rings (SSSR count). The molecule has 1 aromatic carbocycles. The first kappa shape index (κ1) is 18.2. The molecule has 4 saturated carbocycles. The van der Waals surface area contributed by atoms with E-state index >= 15 is 0 Å². The highest BCUT2D eigenvalue weighted by Crippen LogP contribution is 2.60. The Morgan fingerprint density at radius 3 is 2.40 bits per heavy atom. The Hall–Kier alpha value is -2.62. The minimum atomic E-state index is -0.128. The van der Waals surface area contributed by atoms with E-state index < -0.39 is 0 Å². The number of nitrogens with one attached hydrogen (secondary N) is 1. The second kappa shape index (κ2) is 6.44. The molecular formula is C26H29N3O.